The number of nitrogens with zero attached hydrogens (tertiary/aromatic N) is 2. The Kier molecular flexibility index (Phi) is 2.87. The highest BCUT2D eigenvalue weighted by Crippen LogP contribution is 2.12. The number of rotatable bonds is 2. The molecule has 6 heteroatoms. The zero-order valence-electron chi connectivity index (χ0n) is 8.92. The van der Waals surface area contributed by atoms with Crippen LogP contribution in [0, 0.1) is 0 Å². The normalized spacial score (nSPS) is 9.88. The second kappa shape index (κ2) is 4.48. The molecule has 0 fully saturated rings. The van der Waals surface area contributed by atoms with Crippen molar-refractivity contribution in [2.45, 2.75) is 0 Å². The molecule has 0 atom stereocenters. The van der Waals surface area contributed by atoms with Crippen LogP contribution in [0.15, 0.2) is 36.5 Å². The van der Waals surface area contributed by atoms with E-state index in [0.717, 1.165) is 0 Å². The zero-order valence-corrected chi connectivity index (χ0v) is 8.92. The van der Waals surface area contributed by atoms with E-state index in [2.05, 4.69) is 15.3 Å². The molecule has 0 bridgehead atoms. The van der Waals surface area contributed by atoms with Crippen molar-refractivity contribution in [3.63, 3.8) is 0 Å². The van der Waals surface area contributed by atoms with E-state index in [1.807, 2.05) is 6.07 Å². The number of nitrogen functional groups attached to an aromatic ring is 2. The zero-order chi connectivity index (χ0) is 12.3. The lowest BCUT2D eigenvalue weighted by molar-refractivity contribution is 0.102. The van der Waals surface area contributed by atoms with Gasteiger partial charge in [-0.1, -0.05) is 18.2 Å². The largest absolute Gasteiger partial charge is 0.394 e. The topological polar surface area (TPSA) is 107 Å². The summed E-state index contributed by atoms with van der Waals surface area (Å²) in [5, 5.41) is 2.53. The first-order chi connectivity index (χ1) is 8.16. The predicted octanol–water partition coefficient (Wildman–Crippen LogP) is 0.893. The highest BCUT2D eigenvalue weighted by atomic mass is 16.1. The van der Waals surface area contributed by atoms with E-state index in [0.29, 0.717) is 5.56 Å². The molecule has 2 rings (SSSR count). The number of carbonyl (C=O) groups excluding carboxylic acids is 1. The average molecular weight is 229 g/mol. The van der Waals surface area contributed by atoms with Crippen LogP contribution in [-0.2, 0) is 0 Å². The van der Waals surface area contributed by atoms with Crippen LogP contribution in [0.25, 0.3) is 0 Å². The Bertz CT molecular complexity index is 541. The molecule has 0 saturated heterocycles. The third-order valence-electron chi connectivity index (χ3n) is 2.11. The lowest BCUT2D eigenvalue weighted by atomic mass is 10.2. The van der Waals surface area contributed by atoms with Crippen LogP contribution in [0.3, 0.4) is 0 Å². The molecule has 5 N–H and O–H groups in total. The quantitative estimate of drug-likeness (QED) is 0.709. The van der Waals surface area contributed by atoms with E-state index in [1.165, 1.54) is 6.20 Å². The molecule has 0 aliphatic carbocycles. The Morgan fingerprint density at radius 3 is 2.53 bits per heavy atom. The second-order valence-corrected chi connectivity index (χ2v) is 3.35. The Hall–Kier alpha value is -2.63. The summed E-state index contributed by atoms with van der Waals surface area (Å²) in [5.41, 5.74) is 11.8. The molecule has 86 valence electrons. The van der Waals surface area contributed by atoms with Crippen molar-refractivity contribution in [1.82, 2.24) is 9.97 Å². The summed E-state index contributed by atoms with van der Waals surface area (Å²) in [7, 11) is 0. The third kappa shape index (κ3) is 2.49. The molecule has 1 heterocycles. The van der Waals surface area contributed by atoms with Gasteiger partial charge in [0.15, 0.2) is 5.82 Å². The first-order valence-electron chi connectivity index (χ1n) is 4.91. The van der Waals surface area contributed by atoms with Crippen LogP contribution >= 0.6 is 0 Å². The fraction of sp³-hybridized carbons (Fsp3) is 0. The molecule has 0 saturated carbocycles. The number of hydrogen-bond acceptors (Lipinski definition) is 5. The average Bonchev–Trinajstić information content (AvgIpc) is 2.35. The number of hydrogen-bond donors (Lipinski definition) is 3. The number of nitrogens with two attached hydrogens (primary N) is 2. The van der Waals surface area contributed by atoms with Gasteiger partial charge in [-0.3, -0.25) is 10.1 Å². The summed E-state index contributed by atoms with van der Waals surface area (Å²) in [6, 6.07) is 8.75. The Labute approximate surface area is 97.7 Å². The molecule has 1 aromatic carbocycles. The van der Waals surface area contributed by atoms with Gasteiger partial charge >= 0.3 is 0 Å². The van der Waals surface area contributed by atoms with Crippen LogP contribution in [0.5, 0.6) is 0 Å². The summed E-state index contributed by atoms with van der Waals surface area (Å²) in [4.78, 5) is 19.5. The number of anilines is 3. The van der Waals surface area contributed by atoms with Gasteiger partial charge in [0.25, 0.3) is 5.91 Å². The highest BCUT2D eigenvalue weighted by Gasteiger charge is 2.07. The Morgan fingerprint density at radius 2 is 1.88 bits per heavy atom. The number of amides is 1. The van der Waals surface area contributed by atoms with Gasteiger partial charge < -0.3 is 11.5 Å². The van der Waals surface area contributed by atoms with Gasteiger partial charge in [-0.05, 0) is 12.1 Å². The van der Waals surface area contributed by atoms with Crippen LogP contribution in [0.4, 0.5) is 17.5 Å². The van der Waals surface area contributed by atoms with Gasteiger partial charge in [0.2, 0.25) is 5.95 Å². The first kappa shape index (κ1) is 10.9. The molecule has 0 spiro atoms. The lowest BCUT2D eigenvalue weighted by Crippen LogP contribution is -2.15. The highest BCUT2D eigenvalue weighted by molar-refractivity contribution is 6.03. The standard InChI is InChI=1S/C11H11N5O/c12-8-6-14-11(15-9(8)13)16-10(17)7-4-2-1-3-5-7/h1-6H,12H2,(H3,13,14,15,16,17). The third-order valence-corrected chi connectivity index (χ3v) is 2.11. The summed E-state index contributed by atoms with van der Waals surface area (Å²) in [6.45, 7) is 0. The molecule has 1 amide bonds. The van der Waals surface area contributed by atoms with Gasteiger partial charge in [0, 0.05) is 5.56 Å². The SMILES string of the molecule is Nc1cnc(NC(=O)c2ccccc2)nc1N. The van der Waals surface area contributed by atoms with Crippen LogP contribution < -0.4 is 16.8 Å². The van der Waals surface area contributed by atoms with Crippen LogP contribution in [0.1, 0.15) is 10.4 Å². The van der Waals surface area contributed by atoms with Crippen molar-refractivity contribution < 1.29 is 4.79 Å². The molecule has 1 aromatic heterocycles. The molecule has 0 aliphatic heterocycles. The Morgan fingerprint density at radius 1 is 1.18 bits per heavy atom. The fourth-order valence-corrected chi connectivity index (χ4v) is 1.23. The van der Waals surface area contributed by atoms with Crippen molar-refractivity contribution in [3.05, 3.63) is 42.1 Å². The monoisotopic (exact) mass is 229 g/mol. The maximum atomic E-state index is 11.7. The maximum absolute atomic E-state index is 11.7. The number of carbonyl (C=O) groups is 1. The predicted molar refractivity (Wildman–Crippen MR) is 65.3 cm³/mol. The van der Waals surface area contributed by atoms with Crippen molar-refractivity contribution in [3.8, 4) is 0 Å². The lowest BCUT2D eigenvalue weighted by Gasteiger charge is -2.04. The molecule has 0 aliphatic rings. The van der Waals surface area contributed by atoms with E-state index < -0.39 is 0 Å². The van der Waals surface area contributed by atoms with Crippen molar-refractivity contribution >= 4 is 23.4 Å². The molecule has 0 radical (unpaired) electrons. The smallest absolute Gasteiger partial charge is 0.258 e. The van der Waals surface area contributed by atoms with Gasteiger partial charge in [0.1, 0.15) is 0 Å². The van der Waals surface area contributed by atoms with Crippen molar-refractivity contribution in [1.29, 1.82) is 0 Å². The van der Waals surface area contributed by atoms with Crippen molar-refractivity contribution in [2.75, 3.05) is 16.8 Å². The second-order valence-electron chi connectivity index (χ2n) is 3.35. The Balaban J connectivity index is 2.16. The molecular weight excluding hydrogens is 218 g/mol. The summed E-state index contributed by atoms with van der Waals surface area (Å²) in [6.07, 6.45) is 1.35. The minimum atomic E-state index is -0.297. The van der Waals surface area contributed by atoms with E-state index in [-0.39, 0.29) is 23.4 Å². The maximum Gasteiger partial charge on any atom is 0.258 e. The van der Waals surface area contributed by atoms with E-state index in [4.69, 9.17) is 11.5 Å². The van der Waals surface area contributed by atoms with E-state index in [9.17, 15) is 4.79 Å². The van der Waals surface area contributed by atoms with Gasteiger partial charge in [-0.2, -0.15) is 4.98 Å². The fourth-order valence-electron chi connectivity index (χ4n) is 1.23. The number of nitrogens with one attached hydrogen (secondary N) is 1. The molecule has 0 unspecified atom stereocenters. The molecule has 17 heavy (non-hydrogen) atoms. The first-order valence-corrected chi connectivity index (χ1v) is 4.91. The molecular formula is C11H11N5O. The summed E-state index contributed by atoms with van der Waals surface area (Å²) in [5.74, 6) is -0.0244. The molecule has 6 nitrogen and oxygen atoms in total. The van der Waals surface area contributed by atoms with Gasteiger partial charge in [0.05, 0.1) is 11.9 Å². The van der Waals surface area contributed by atoms with Crippen molar-refractivity contribution in [2.24, 2.45) is 0 Å². The van der Waals surface area contributed by atoms with Gasteiger partial charge in [-0.15, -0.1) is 0 Å². The number of aromatic nitrogens is 2. The summed E-state index contributed by atoms with van der Waals surface area (Å²) >= 11 is 0. The molecule has 2 aromatic rings. The van der Waals surface area contributed by atoms with Gasteiger partial charge in [-0.25, -0.2) is 4.98 Å². The van der Waals surface area contributed by atoms with E-state index in [1.54, 1.807) is 24.3 Å². The number of benzene rings is 1. The van der Waals surface area contributed by atoms with Crippen LogP contribution in [0.2, 0.25) is 0 Å². The van der Waals surface area contributed by atoms with Crippen LogP contribution in [-0.4, -0.2) is 15.9 Å². The minimum Gasteiger partial charge on any atom is -0.394 e. The summed E-state index contributed by atoms with van der Waals surface area (Å²) < 4.78 is 0. The minimum absolute atomic E-state index is 0.130. The van der Waals surface area contributed by atoms with E-state index >= 15 is 0 Å².